The van der Waals surface area contributed by atoms with Crippen LogP contribution in [0.5, 0.6) is 11.5 Å². The fourth-order valence-corrected chi connectivity index (χ4v) is 3.41. The molecule has 1 saturated heterocycles. The number of ether oxygens (including phenoxy) is 3. The fourth-order valence-electron chi connectivity index (χ4n) is 3.41. The van der Waals surface area contributed by atoms with E-state index in [2.05, 4.69) is 41.4 Å². The molecule has 6 nitrogen and oxygen atoms in total. The Hall–Kier alpha value is -2.57. The lowest BCUT2D eigenvalue weighted by Gasteiger charge is -2.35. The molecule has 1 aliphatic heterocycles. The van der Waals surface area contributed by atoms with Crippen LogP contribution < -0.4 is 14.8 Å². The van der Waals surface area contributed by atoms with E-state index >= 15 is 0 Å². The zero-order valence-corrected chi connectivity index (χ0v) is 16.7. The van der Waals surface area contributed by atoms with Gasteiger partial charge in [0.15, 0.2) is 0 Å². The number of benzene rings is 2. The van der Waals surface area contributed by atoms with Crippen molar-refractivity contribution >= 4 is 5.91 Å². The van der Waals surface area contributed by atoms with Crippen molar-refractivity contribution < 1.29 is 19.0 Å². The normalized spacial score (nSPS) is 15.7. The summed E-state index contributed by atoms with van der Waals surface area (Å²) in [6.45, 7) is 5.70. The molecule has 150 valence electrons. The highest BCUT2D eigenvalue weighted by molar-refractivity contribution is 5.97. The van der Waals surface area contributed by atoms with E-state index in [0.29, 0.717) is 36.8 Å². The van der Waals surface area contributed by atoms with E-state index in [0.717, 1.165) is 13.1 Å². The average molecular weight is 384 g/mol. The molecule has 0 bridgehead atoms. The minimum Gasteiger partial charge on any atom is -0.497 e. The zero-order valence-electron chi connectivity index (χ0n) is 16.7. The molecule has 0 aromatic heterocycles. The van der Waals surface area contributed by atoms with Gasteiger partial charge in [0.2, 0.25) is 0 Å². The number of carbonyl (C=O) groups excluding carboxylic acids is 1. The number of aryl methyl sites for hydroxylation is 1. The number of nitrogens with one attached hydrogen (secondary N) is 1. The topological polar surface area (TPSA) is 60.0 Å². The van der Waals surface area contributed by atoms with Crippen molar-refractivity contribution in [3.05, 3.63) is 59.2 Å². The van der Waals surface area contributed by atoms with Crippen molar-refractivity contribution in [2.45, 2.75) is 13.0 Å². The molecule has 0 saturated carbocycles. The summed E-state index contributed by atoms with van der Waals surface area (Å²) in [6, 6.07) is 13.8. The molecule has 1 aliphatic rings. The Labute approximate surface area is 166 Å². The van der Waals surface area contributed by atoms with Gasteiger partial charge in [0, 0.05) is 25.7 Å². The molecular formula is C22H28N2O4. The molecule has 6 heteroatoms. The molecule has 1 fully saturated rings. The third-order valence-electron chi connectivity index (χ3n) is 5.06. The van der Waals surface area contributed by atoms with E-state index in [9.17, 15) is 4.79 Å². The van der Waals surface area contributed by atoms with Gasteiger partial charge in [-0.1, -0.05) is 29.8 Å². The van der Waals surface area contributed by atoms with Crippen LogP contribution >= 0.6 is 0 Å². The Balaban J connectivity index is 1.75. The molecule has 1 atom stereocenters. The lowest BCUT2D eigenvalue weighted by Crippen LogP contribution is -2.43. The van der Waals surface area contributed by atoms with E-state index in [1.807, 2.05) is 0 Å². The second kappa shape index (κ2) is 9.57. The van der Waals surface area contributed by atoms with E-state index in [4.69, 9.17) is 14.2 Å². The molecule has 0 unspecified atom stereocenters. The van der Waals surface area contributed by atoms with Gasteiger partial charge in [0.1, 0.15) is 11.5 Å². The molecule has 3 rings (SSSR count). The first-order valence-electron chi connectivity index (χ1n) is 9.51. The number of nitrogens with zero attached hydrogens (tertiary/aromatic N) is 1. The lowest BCUT2D eigenvalue weighted by molar-refractivity contribution is 0.0162. The van der Waals surface area contributed by atoms with Crippen molar-refractivity contribution in [1.29, 1.82) is 0 Å². The maximum absolute atomic E-state index is 12.8. The number of methoxy groups -OCH3 is 2. The van der Waals surface area contributed by atoms with Crippen LogP contribution in [0.1, 0.15) is 27.5 Å². The van der Waals surface area contributed by atoms with Crippen LogP contribution in [0.3, 0.4) is 0 Å². The van der Waals surface area contributed by atoms with Crippen LogP contribution in [0.2, 0.25) is 0 Å². The lowest BCUT2D eigenvalue weighted by atomic mass is 10.0. The first-order valence-corrected chi connectivity index (χ1v) is 9.51. The Morgan fingerprint density at radius 1 is 1.11 bits per heavy atom. The third-order valence-corrected chi connectivity index (χ3v) is 5.06. The minimum atomic E-state index is -0.162. The largest absolute Gasteiger partial charge is 0.497 e. The highest BCUT2D eigenvalue weighted by Crippen LogP contribution is 2.25. The average Bonchev–Trinajstić information content (AvgIpc) is 2.75. The summed E-state index contributed by atoms with van der Waals surface area (Å²) >= 11 is 0. The van der Waals surface area contributed by atoms with Crippen LogP contribution in [0.25, 0.3) is 0 Å². The molecule has 1 amide bonds. The van der Waals surface area contributed by atoms with Crippen LogP contribution in [-0.2, 0) is 4.74 Å². The second-order valence-electron chi connectivity index (χ2n) is 6.85. The smallest absolute Gasteiger partial charge is 0.255 e. The highest BCUT2D eigenvalue weighted by Gasteiger charge is 2.24. The molecule has 2 aromatic rings. The molecule has 2 aromatic carbocycles. The van der Waals surface area contributed by atoms with Crippen molar-refractivity contribution in [3.8, 4) is 11.5 Å². The molecule has 1 heterocycles. The zero-order chi connectivity index (χ0) is 19.9. The summed E-state index contributed by atoms with van der Waals surface area (Å²) in [6.07, 6.45) is 0. The minimum absolute atomic E-state index is 0.0951. The summed E-state index contributed by atoms with van der Waals surface area (Å²) in [5.41, 5.74) is 2.90. The van der Waals surface area contributed by atoms with Crippen LogP contribution in [-0.4, -0.2) is 57.9 Å². The predicted octanol–water partition coefficient (Wildman–Crippen LogP) is 2.82. The maximum Gasteiger partial charge on any atom is 0.255 e. The Morgan fingerprint density at radius 3 is 2.46 bits per heavy atom. The number of hydrogen-bond donors (Lipinski definition) is 1. The second-order valence-corrected chi connectivity index (χ2v) is 6.85. The van der Waals surface area contributed by atoms with E-state index in [-0.39, 0.29) is 11.9 Å². The van der Waals surface area contributed by atoms with Crippen molar-refractivity contribution in [2.24, 2.45) is 0 Å². The molecule has 28 heavy (non-hydrogen) atoms. The van der Waals surface area contributed by atoms with Gasteiger partial charge in [-0.05, 0) is 24.6 Å². The monoisotopic (exact) mass is 384 g/mol. The summed E-state index contributed by atoms with van der Waals surface area (Å²) in [5.74, 6) is 0.985. The number of carbonyl (C=O) groups is 1. The number of amides is 1. The van der Waals surface area contributed by atoms with Crippen molar-refractivity contribution in [2.75, 3.05) is 47.1 Å². The van der Waals surface area contributed by atoms with Gasteiger partial charge in [-0.15, -0.1) is 0 Å². The summed E-state index contributed by atoms with van der Waals surface area (Å²) in [5, 5.41) is 3.08. The number of morpholine rings is 1. The van der Waals surface area contributed by atoms with Gasteiger partial charge in [-0.2, -0.15) is 0 Å². The molecular weight excluding hydrogens is 356 g/mol. The Morgan fingerprint density at radius 2 is 1.82 bits per heavy atom. The highest BCUT2D eigenvalue weighted by atomic mass is 16.5. The van der Waals surface area contributed by atoms with Gasteiger partial charge in [-0.3, -0.25) is 9.69 Å². The van der Waals surface area contributed by atoms with Gasteiger partial charge in [0.05, 0.1) is 39.0 Å². The summed E-state index contributed by atoms with van der Waals surface area (Å²) in [7, 11) is 3.14. The van der Waals surface area contributed by atoms with Gasteiger partial charge in [-0.25, -0.2) is 0 Å². The fraction of sp³-hybridized carbons (Fsp3) is 0.409. The molecule has 1 N–H and O–H groups in total. The molecule has 0 radical (unpaired) electrons. The van der Waals surface area contributed by atoms with E-state index in [1.54, 1.807) is 32.4 Å². The van der Waals surface area contributed by atoms with Crippen LogP contribution in [0.15, 0.2) is 42.5 Å². The van der Waals surface area contributed by atoms with Crippen molar-refractivity contribution in [3.63, 3.8) is 0 Å². The number of hydrogen-bond acceptors (Lipinski definition) is 5. The quantitative estimate of drug-likeness (QED) is 0.795. The Kier molecular flexibility index (Phi) is 6.90. The van der Waals surface area contributed by atoms with E-state index < -0.39 is 0 Å². The molecule has 0 aliphatic carbocycles. The van der Waals surface area contributed by atoms with E-state index in [1.165, 1.54) is 11.1 Å². The number of rotatable bonds is 7. The molecule has 0 spiro atoms. The van der Waals surface area contributed by atoms with Gasteiger partial charge < -0.3 is 19.5 Å². The predicted molar refractivity (Wildman–Crippen MR) is 108 cm³/mol. The Bertz CT molecular complexity index is 786. The maximum atomic E-state index is 12.8. The third kappa shape index (κ3) is 4.82. The summed E-state index contributed by atoms with van der Waals surface area (Å²) in [4.78, 5) is 15.2. The van der Waals surface area contributed by atoms with Crippen LogP contribution in [0, 0.1) is 6.92 Å². The first kappa shape index (κ1) is 20.2. The van der Waals surface area contributed by atoms with Gasteiger partial charge >= 0.3 is 0 Å². The SMILES string of the molecule is COc1ccc(C(=O)NC[C@H](c2ccc(C)cc2)N2CCOCC2)c(OC)c1. The van der Waals surface area contributed by atoms with Crippen molar-refractivity contribution in [1.82, 2.24) is 10.2 Å². The summed E-state index contributed by atoms with van der Waals surface area (Å²) < 4.78 is 16.1. The van der Waals surface area contributed by atoms with Crippen LogP contribution in [0.4, 0.5) is 0 Å². The standard InChI is InChI=1S/C22H28N2O4/c1-16-4-6-17(7-5-16)20(24-10-12-28-13-11-24)15-23-22(25)19-9-8-18(26-2)14-21(19)27-3/h4-9,14,20H,10-13,15H2,1-3H3,(H,23,25)/t20-/m1/s1. The first-order chi connectivity index (χ1) is 13.6. The van der Waals surface area contributed by atoms with Gasteiger partial charge in [0.25, 0.3) is 5.91 Å².